The summed E-state index contributed by atoms with van der Waals surface area (Å²) in [6, 6.07) is 3.73. The Morgan fingerprint density at radius 3 is 3.00 bits per heavy atom. The number of aromatic nitrogens is 1. The molecule has 0 radical (unpaired) electrons. The highest BCUT2D eigenvalue weighted by Gasteiger charge is 2.30. The molecular weight excluding hydrogens is 304 g/mol. The normalized spacial score (nSPS) is 18.0. The third kappa shape index (κ3) is 5.45. The first kappa shape index (κ1) is 18.1. The predicted octanol–water partition coefficient (Wildman–Crippen LogP) is 1.15. The lowest BCUT2D eigenvalue weighted by Crippen LogP contribution is -2.43. The smallest absolute Gasteiger partial charge is 0.244 e. The summed E-state index contributed by atoms with van der Waals surface area (Å²) in [4.78, 5) is 31.8. The van der Waals surface area contributed by atoms with Crippen molar-refractivity contribution in [3.05, 3.63) is 36.2 Å². The fourth-order valence-corrected chi connectivity index (χ4v) is 2.87. The van der Waals surface area contributed by atoms with Gasteiger partial charge in [0.15, 0.2) is 0 Å². The van der Waals surface area contributed by atoms with Gasteiger partial charge < -0.3 is 10.2 Å². The molecule has 1 saturated heterocycles. The molecule has 24 heavy (non-hydrogen) atoms. The Morgan fingerprint density at radius 2 is 2.29 bits per heavy atom. The van der Waals surface area contributed by atoms with Crippen LogP contribution in [0, 0.1) is 0 Å². The maximum atomic E-state index is 12.1. The second-order valence-corrected chi connectivity index (χ2v) is 6.19. The molecule has 0 aromatic carbocycles. The molecule has 1 N–H and O–H groups in total. The van der Waals surface area contributed by atoms with E-state index in [0.29, 0.717) is 6.54 Å². The van der Waals surface area contributed by atoms with Crippen molar-refractivity contribution < 1.29 is 9.59 Å². The van der Waals surface area contributed by atoms with Crippen LogP contribution in [0.1, 0.15) is 24.8 Å². The Morgan fingerprint density at radius 1 is 1.46 bits per heavy atom. The van der Waals surface area contributed by atoms with Gasteiger partial charge in [-0.2, -0.15) is 0 Å². The summed E-state index contributed by atoms with van der Waals surface area (Å²) < 4.78 is 0. The topological polar surface area (TPSA) is 65.5 Å². The second-order valence-electron chi connectivity index (χ2n) is 6.19. The number of hydrogen-bond acceptors (Lipinski definition) is 4. The molecule has 0 spiro atoms. The molecule has 0 unspecified atom stereocenters. The van der Waals surface area contributed by atoms with Crippen LogP contribution in [-0.4, -0.2) is 66.4 Å². The van der Waals surface area contributed by atoms with E-state index >= 15 is 0 Å². The SMILES string of the molecule is CN(C)C(=O)[C@@H]1CCCN1CCCNC(=O)/C=C/c1cccnc1. The molecule has 1 fully saturated rings. The Bertz CT molecular complexity index is 572. The molecule has 0 aliphatic carbocycles. The Labute approximate surface area is 143 Å². The number of likely N-dealkylation sites (N-methyl/N-ethyl adjacent to an activating group) is 1. The molecule has 6 heteroatoms. The van der Waals surface area contributed by atoms with Crippen LogP contribution >= 0.6 is 0 Å². The minimum atomic E-state index is -0.110. The Hall–Kier alpha value is -2.21. The summed E-state index contributed by atoms with van der Waals surface area (Å²) in [5, 5.41) is 2.88. The van der Waals surface area contributed by atoms with Crippen molar-refractivity contribution in [1.82, 2.24) is 20.1 Å². The lowest BCUT2D eigenvalue weighted by molar-refractivity contribution is -0.133. The summed E-state index contributed by atoms with van der Waals surface area (Å²) in [7, 11) is 3.60. The van der Waals surface area contributed by atoms with Gasteiger partial charge in [-0.3, -0.25) is 19.5 Å². The standard InChI is InChI=1S/C18H26N4O2/c1-21(2)18(24)16-7-4-12-22(16)13-5-11-20-17(23)9-8-15-6-3-10-19-14-15/h3,6,8-10,14,16H,4-5,7,11-13H2,1-2H3,(H,20,23)/b9-8+/t16-/m0/s1. The number of pyridine rings is 1. The van der Waals surface area contributed by atoms with Crippen molar-refractivity contribution in [2.75, 3.05) is 33.7 Å². The molecule has 2 heterocycles. The molecule has 0 saturated carbocycles. The number of amides is 2. The van der Waals surface area contributed by atoms with Crippen LogP contribution in [0.25, 0.3) is 6.08 Å². The van der Waals surface area contributed by atoms with Gasteiger partial charge in [0.25, 0.3) is 0 Å². The quantitative estimate of drug-likeness (QED) is 0.602. The molecule has 130 valence electrons. The molecular formula is C18H26N4O2. The molecule has 1 aromatic rings. The van der Waals surface area contributed by atoms with Crippen molar-refractivity contribution in [3.8, 4) is 0 Å². The van der Waals surface area contributed by atoms with Crippen LogP contribution in [0.4, 0.5) is 0 Å². The number of likely N-dealkylation sites (tertiary alicyclic amines) is 1. The highest BCUT2D eigenvalue weighted by Crippen LogP contribution is 2.18. The Kier molecular flexibility index (Phi) is 6.93. The summed E-state index contributed by atoms with van der Waals surface area (Å²) in [6.07, 6.45) is 9.49. The number of carbonyl (C=O) groups excluding carboxylic acids is 2. The van der Waals surface area contributed by atoms with Crippen molar-refractivity contribution in [2.45, 2.75) is 25.3 Å². The number of rotatable bonds is 7. The average Bonchev–Trinajstić information content (AvgIpc) is 3.05. The first-order valence-corrected chi connectivity index (χ1v) is 8.39. The van der Waals surface area contributed by atoms with Gasteiger partial charge in [-0.05, 0) is 43.5 Å². The molecule has 1 aromatic heterocycles. The van der Waals surface area contributed by atoms with Crippen molar-refractivity contribution in [1.29, 1.82) is 0 Å². The van der Waals surface area contributed by atoms with Crippen LogP contribution < -0.4 is 5.32 Å². The highest BCUT2D eigenvalue weighted by molar-refractivity contribution is 5.91. The number of carbonyl (C=O) groups is 2. The average molecular weight is 330 g/mol. The highest BCUT2D eigenvalue weighted by atomic mass is 16.2. The number of nitrogens with zero attached hydrogens (tertiary/aromatic N) is 3. The molecule has 6 nitrogen and oxygen atoms in total. The maximum Gasteiger partial charge on any atom is 0.244 e. The molecule has 1 aliphatic rings. The van der Waals surface area contributed by atoms with Crippen LogP contribution in [0.5, 0.6) is 0 Å². The van der Waals surface area contributed by atoms with Crippen LogP contribution in [0.15, 0.2) is 30.6 Å². The fraction of sp³-hybridized carbons (Fsp3) is 0.500. The first-order valence-electron chi connectivity index (χ1n) is 8.39. The van der Waals surface area contributed by atoms with E-state index < -0.39 is 0 Å². The van der Waals surface area contributed by atoms with E-state index in [1.807, 2.05) is 12.1 Å². The van der Waals surface area contributed by atoms with E-state index in [4.69, 9.17) is 0 Å². The Balaban J connectivity index is 1.68. The van der Waals surface area contributed by atoms with Gasteiger partial charge in [-0.1, -0.05) is 6.07 Å². The van der Waals surface area contributed by atoms with Crippen molar-refractivity contribution in [3.63, 3.8) is 0 Å². The summed E-state index contributed by atoms with van der Waals surface area (Å²) in [6.45, 7) is 2.39. The summed E-state index contributed by atoms with van der Waals surface area (Å²) in [5.41, 5.74) is 0.898. The van der Waals surface area contributed by atoms with E-state index in [0.717, 1.165) is 37.9 Å². The van der Waals surface area contributed by atoms with Gasteiger partial charge in [-0.15, -0.1) is 0 Å². The minimum absolute atomic E-state index is 0.00109. The van der Waals surface area contributed by atoms with E-state index in [-0.39, 0.29) is 17.9 Å². The van der Waals surface area contributed by atoms with Gasteiger partial charge in [0.2, 0.25) is 11.8 Å². The van der Waals surface area contributed by atoms with Crippen LogP contribution in [-0.2, 0) is 9.59 Å². The summed E-state index contributed by atoms with van der Waals surface area (Å²) in [5.74, 6) is 0.0668. The zero-order valence-corrected chi connectivity index (χ0v) is 14.4. The fourth-order valence-electron chi connectivity index (χ4n) is 2.87. The summed E-state index contributed by atoms with van der Waals surface area (Å²) >= 11 is 0. The van der Waals surface area contributed by atoms with E-state index in [1.54, 1.807) is 37.5 Å². The van der Waals surface area contributed by atoms with Crippen LogP contribution in [0.2, 0.25) is 0 Å². The third-order valence-electron chi connectivity index (χ3n) is 4.12. The monoisotopic (exact) mass is 330 g/mol. The van der Waals surface area contributed by atoms with Gasteiger partial charge in [-0.25, -0.2) is 0 Å². The van der Waals surface area contributed by atoms with Crippen molar-refractivity contribution in [2.24, 2.45) is 0 Å². The number of nitrogens with one attached hydrogen (secondary N) is 1. The van der Waals surface area contributed by atoms with Crippen molar-refractivity contribution >= 4 is 17.9 Å². The lowest BCUT2D eigenvalue weighted by Gasteiger charge is -2.25. The van der Waals surface area contributed by atoms with Gasteiger partial charge in [0.05, 0.1) is 6.04 Å². The van der Waals surface area contributed by atoms with E-state index in [2.05, 4.69) is 15.2 Å². The maximum absolute atomic E-state index is 12.1. The second kappa shape index (κ2) is 9.17. The molecule has 1 atom stereocenters. The van der Waals surface area contributed by atoms with Gasteiger partial charge >= 0.3 is 0 Å². The molecule has 2 rings (SSSR count). The first-order chi connectivity index (χ1) is 11.6. The lowest BCUT2D eigenvalue weighted by atomic mass is 10.2. The predicted molar refractivity (Wildman–Crippen MR) is 94.2 cm³/mol. The van der Waals surface area contributed by atoms with E-state index in [9.17, 15) is 9.59 Å². The van der Waals surface area contributed by atoms with Crippen LogP contribution in [0.3, 0.4) is 0 Å². The molecule has 0 bridgehead atoms. The van der Waals surface area contributed by atoms with Gasteiger partial charge in [0.1, 0.15) is 0 Å². The zero-order chi connectivity index (χ0) is 17.4. The number of hydrogen-bond donors (Lipinski definition) is 1. The largest absolute Gasteiger partial charge is 0.353 e. The minimum Gasteiger partial charge on any atom is -0.353 e. The molecule has 2 amide bonds. The van der Waals surface area contributed by atoms with E-state index in [1.165, 1.54) is 6.08 Å². The molecule has 1 aliphatic heterocycles. The zero-order valence-electron chi connectivity index (χ0n) is 14.4. The third-order valence-corrected chi connectivity index (χ3v) is 4.12. The van der Waals surface area contributed by atoms with Gasteiger partial charge in [0, 0.05) is 45.7 Å².